The maximum absolute atomic E-state index is 5.16. The van der Waals surface area contributed by atoms with Crippen molar-refractivity contribution in [3.05, 3.63) is 0 Å². The van der Waals surface area contributed by atoms with Crippen molar-refractivity contribution in [3.8, 4) is 0 Å². The van der Waals surface area contributed by atoms with Crippen molar-refractivity contribution >= 4 is 23.8 Å². The fraction of sp³-hybridized carbons (Fsp3) is 1.00. The molecule has 3 rings (SSSR count). The standard InChI is InChI=1S/C6H13P.C5H11OP.C5H11P.3CH4/c1-7-5-3-2-4-6-7;1-7-4-2-6-3-5-7;1-6-4-2-3-5-6;;;/h2-6H2,1H3;2-5H2,1H3;2-5H2,1H3;3*1H4. The van der Waals surface area contributed by atoms with Gasteiger partial charge in [0.15, 0.2) is 0 Å². The zero-order chi connectivity index (χ0) is 14.6. The van der Waals surface area contributed by atoms with Crippen LogP contribution >= 0.6 is 23.8 Å². The van der Waals surface area contributed by atoms with E-state index < -0.39 is 0 Å². The molecule has 0 aliphatic carbocycles. The van der Waals surface area contributed by atoms with Gasteiger partial charge in [0.1, 0.15) is 0 Å². The molecule has 0 radical (unpaired) electrons. The average molecular weight is 385 g/mol. The maximum Gasteiger partial charge on any atom is 0.0505 e. The molecule has 3 fully saturated rings. The summed E-state index contributed by atoms with van der Waals surface area (Å²) in [6.45, 7) is 9.21. The molecule has 3 aliphatic heterocycles. The van der Waals surface area contributed by atoms with Crippen LogP contribution in [0.25, 0.3) is 0 Å². The van der Waals surface area contributed by atoms with E-state index in [1.165, 1.54) is 44.4 Å². The van der Waals surface area contributed by atoms with Gasteiger partial charge in [0, 0.05) is 0 Å². The predicted octanol–water partition coefficient (Wildman–Crippen LogP) is 7.21. The topological polar surface area (TPSA) is 9.23 Å². The van der Waals surface area contributed by atoms with Gasteiger partial charge in [-0.1, -0.05) is 28.7 Å². The maximum atomic E-state index is 5.16. The van der Waals surface area contributed by atoms with Crippen LogP contribution in [0.4, 0.5) is 0 Å². The fourth-order valence-corrected chi connectivity index (χ4v) is 7.19. The first-order valence-corrected chi connectivity index (χ1v) is 14.8. The molecular formula is C19H47OP3. The van der Waals surface area contributed by atoms with Crippen molar-refractivity contribution in [3.63, 3.8) is 0 Å². The van der Waals surface area contributed by atoms with Crippen molar-refractivity contribution in [1.29, 1.82) is 0 Å². The van der Waals surface area contributed by atoms with Crippen molar-refractivity contribution in [2.24, 2.45) is 0 Å². The van der Waals surface area contributed by atoms with E-state index in [9.17, 15) is 0 Å². The van der Waals surface area contributed by atoms with Gasteiger partial charge >= 0.3 is 0 Å². The highest BCUT2D eigenvalue weighted by Gasteiger charge is 2.07. The van der Waals surface area contributed by atoms with Crippen LogP contribution in [0.15, 0.2) is 0 Å². The SMILES string of the molecule is C.C.C.CP1CCCC1.CP1CCCCC1.CP1CCOCC1. The third-order valence-electron chi connectivity index (χ3n) is 4.14. The normalized spacial score (nSPS) is 22.0. The van der Waals surface area contributed by atoms with E-state index in [4.69, 9.17) is 4.74 Å². The molecule has 23 heavy (non-hydrogen) atoms. The third kappa shape index (κ3) is 17.9. The average Bonchev–Trinajstić information content (AvgIpc) is 2.93. The fourth-order valence-electron chi connectivity index (χ4n) is 2.58. The third-order valence-corrected chi connectivity index (χ3v) is 10.4. The van der Waals surface area contributed by atoms with E-state index in [1.807, 2.05) is 0 Å². The van der Waals surface area contributed by atoms with Gasteiger partial charge in [-0.25, -0.2) is 0 Å². The number of hydrogen-bond donors (Lipinski definition) is 0. The first-order valence-electron chi connectivity index (χ1n) is 8.32. The zero-order valence-corrected chi connectivity index (χ0v) is 16.6. The largest absolute Gasteiger partial charge is 0.381 e. The van der Waals surface area contributed by atoms with Crippen LogP contribution in [0.3, 0.4) is 0 Å². The Morgan fingerprint density at radius 1 is 0.478 bits per heavy atom. The van der Waals surface area contributed by atoms with E-state index in [0.29, 0.717) is 23.8 Å². The summed E-state index contributed by atoms with van der Waals surface area (Å²) in [4.78, 5) is 0. The second-order valence-corrected chi connectivity index (χ2v) is 14.1. The van der Waals surface area contributed by atoms with Crippen LogP contribution < -0.4 is 0 Å². The Morgan fingerprint density at radius 3 is 1.00 bits per heavy atom. The zero-order valence-electron chi connectivity index (χ0n) is 13.9. The van der Waals surface area contributed by atoms with Gasteiger partial charge in [-0.05, 0) is 82.6 Å². The van der Waals surface area contributed by atoms with Crippen LogP contribution in [0.1, 0.15) is 54.4 Å². The molecule has 0 unspecified atom stereocenters. The lowest BCUT2D eigenvalue weighted by molar-refractivity contribution is 0.158. The van der Waals surface area contributed by atoms with Gasteiger partial charge in [-0.3, -0.25) is 0 Å². The van der Waals surface area contributed by atoms with Crippen molar-refractivity contribution in [2.45, 2.75) is 54.4 Å². The lowest BCUT2D eigenvalue weighted by atomic mass is 10.3. The highest BCUT2D eigenvalue weighted by Crippen LogP contribution is 2.38. The summed E-state index contributed by atoms with van der Waals surface area (Å²) in [6, 6.07) is 0. The molecule has 0 bridgehead atoms. The molecule has 1 nitrogen and oxygen atoms in total. The number of ether oxygens (including phenoxy) is 1. The van der Waals surface area contributed by atoms with E-state index in [0.717, 1.165) is 13.2 Å². The summed E-state index contributed by atoms with van der Waals surface area (Å²) in [6.07, 6.45) is 16.4. The molecule has 0 spiro atoms. The number of hydrogen-bond acceptors (Lipinski definition) is 1. The van der Waals surface area contributed by atoms with E-state index >= 15 is 0 Å². The van der Waals surface area contributed by atoms with Gasteiger partial charge in [0.05, 0.1) is 13.2 Å². The molecule has 3 aliphatic rings. The Kier molecular flexibility index (Phi) is 24.7. The van der Waals surface area contributed by atoms with Gasteiger partial charge < -0.3 is 4.74 Å². The summed E-state index contributed by atoms with van der Waals surface area (Å²) >= 11 is 0. The smallest absolute Gasteiger partial charge is 0.0505 e. The molecule has 144 valence electrons. The highest BCUT2D eigenvalue weighted by molar-refractivity contribution is 7.57. The highest BCUT2D eigenvalue weighted by atomic mass is 31.1. The Balaban J connectivity index is -0.000000246. The summed E-state index contributed by atoms with van der Waals surface area (Å²) in [5.41, 5.74) is 0. The lowest BCUT2D eigenvalue weighted by Crippen LogP contribution is -2.11. The second-order valence-electron chi connectivity index (χ2n) is 6.29. The summed E-state index contributed by atoms with van der Waals surface area (Å²) in [5, 5.41) is 0. The molecule has 0 saturated carbocycles. The Labute approximate surface area is 153 Å². The van der Waals surface area contributed by atoms with Crippen LogP contribution in [0.2, 0.25) is 0 Å². The van der Waals surface area contributed by atoms with Crippen molar-refractivity contribution in [2.75, 3.05) is 70.2 Å². The lowest BCUT2D eigenvalue weighted by Gasteiger charge is -2.17. The Hall–Kier alpha value is 1.25. The minimum Gasteiger partial charge on any atom is -0.381 e. The molecule has 0 aromatic heterocycles. The van der Waals surface area contributed by atoms with Crippen molar-refractivity contribution < 1.29 is 4.74 Å². The Morgan fingerprint density at radius 2 is 0.783 bits per heavy atom. The monoisotopic (exact) mass is 384 g/mol. The molecular weight excluding hydrogens is 337 g/mol. The first kappa shape index (κ1) is 29.0. The van der Waals surface area contributed by atoms with Gasteiger partial charge in [-0.15, -0.1) is 23.8 Å². The summed E-state index contributed by atoms with van der Waals surface area (Å²) in [5.74, 6) is 0. The molecule has 3 heterocycles. The predicted molar refractivity (Wildman–Crippen MR) is 122 cm³/mol. The van der Waals surface area contributed by atoms with E-state index in [1.54, 1.807) is 24.6 Å². The van der Waals surface area contributed by atoms with Crippen LogP contribution in [-0.4, -0.2) is 70.2 Å². The molecule has 0 amide bonds. The van der Waals surface area contributed by atoms with Gasteiger partial charge in [0.2, 0.25) is 0 Å². The van der Waals surface area contributed by atoms with E-state index in [-0.39, 0.29) is 22.3 Å². The van der Waals surface area contributed by atoms with Gasteiger partial charge in [-0.2, -0.15) is 0 Å². The molecule has 0 aromatic rings. The van der Waals surface area contributed by atoms with E-state index in [2.05, 4.69) is 20.0 Å². The molecule has 0 N–H and O–H groups in total. The van der Waals surface area contributed by atoms with Gasteiger partial charge in [0.25, 0.3) is 0 Å². The second kappa shape index (κ2) is 19.6. The Bertz CT molecular complexity index is 193. The van der Waals surface area contributed by atoms with Crippen LogP contribution in [-0.2, 0) is 4.74 Å². The minimum absolute atomic E-state index is 0. The summed E-state index contributed by atoms with van der Waals surface area (Å²) < 4.78 is 5.16. The molecule has 0 atom stereocenters. The summed E-state index contributed by atoms with van der Waals surface area (Å²) in [7, 11) is 1.43. The minimum atomic E-state index is 0. The van der Waals surface area contributed by atoms with Crippen LogP contribution in [0, 0.1) is 0 Å². The molecule has 3 saturated heterocycles. The molecule has 0 aromatic carbocycles. The quantitative estimate of drug-likeness (QED) is 0.401. The molecule has 4 heteroatoms. The number of rotatable bonds is 0. The first-order chi connectivity index (χ1) is 9.68. The van der Waals surface area contributed by atoms with Crippen molar-refractivity contribution in [1.82, 2.24) is 0 Å². The van der Waals surface area contributed by atoms with Crippen LogP contribution in [0.5, 0.6) is 0 Å².